The molecule has 1 aromatic carbocycles. The molecule has 5 nitrogen and oxygen atoms in total. The van der Waals surface area contributed by atoms with E-state index in [1.807, 2.05) is 31.3 Å². The topological polar surface area (TPSA) is 56.8 Å². The summed E-state index contributed by atoms with van der Waals surface area (Å²) < 4.78 is 16.3. The molecule has 136 valence electrons. The highest BCUT2D eigenvalue weighted by molar-refractivity contribution is 5.79. The van der Waals surface area contributed by atoms with Gasteiger partial charge in [0.25, 0.3) is 0 Å². The Morgan fingerprint density at radius 1 is 1.04 bits per heavy atom. The summed E-state index contributed by atoms with van der Waals surface area (Å²) in [6.07, 6.45) is 1.19. The van der Waals surface area contributed by atoms with Gasteiger partial charge in [-0.1, -0.05) is 26.0 Å². The van der Waals surface area contributed by atoms with Crippen LogP contribution in [-0.4, -0.2) is 52.4 Å². The van der Waals surface area contributed by atoms with E-state index in [1.54, 1.807) is 0 Å². The second-order valence-corrected chi connectivity index (χ2v) is 5.98. The normalized spacial score (nSPS) is 11.0. The molecular weight excluding hydrogens is 306 g/mol. The first-order chi connectivity index (χ1) is 11.6. The van der Waals surface area contributed by atoms with Crippen molar-refractivity contribution in [3.63, 3.8) is 0 Å². The Kier molecular flexibility index (Phi) is 11.1. The van der Waals surface area contributed by atoms with Crippen LogP contribution in [0, 0.1) is 0 Å². The predicted octanol–water partition coefficient (Wildman–Crippen LogP) is 2.79. The molecule has 1 aromatic rings. The van der Waals surface area contributed by atoms with Crippen LogP contribution in [0.3, 0.4) is 0 Å². The monoisotopic (exact) mass is 337 g/mol. The van der Waals surface area contributed by atoms with Crippen molar-refractivity contribution in [2.24, 2.45) is 0 Å². The fourth-order valence-corrected chi connectivity index (χ4v) is 2.05. The highest BCUT2D eigenvalue weighted by Crippen LogP contribution is 2.18. The molecular formula is C19H31NO4. The summed E-state index contributed by atoms with van der Waals surface area (Å²) in [5, 5.41) is 3.01. The van der Waals surface area contributed by atoms with Crippen LogP contribution in [0.5, 0.6) is 5.75 Å². The molecule has 0 radical (unpaired) electrons. The van der Waals surface area contributed by atoms with E-state index in [9.17, 15) is 4.79 Å². The van der Waals surface area contributed by atoms with Crippen molar-refractivity contribution >= 4 is 5.78 Å². The maximum Gasteiger partial charge on any atom is 0.170 e. The highest BCUT2D eigenvalue weighted by Gasteiger charge is 2.04. The van der Waals surface area contributed by atoms with Gasteiger partial charge in [0.15, 0.2) is 5.78 Å². The van der Waals surface area contributed by atoms with Crippen LogP contribution in [0.4, 0.5) is 0 Å². The standard InChI is InChI=1S/C19H31NO4/c1-16(2)17-6-8-19(9-7-17)24-15-18(21)5-4-11-22-13-14-23-12-10-20-3/h6-9,16,20H,4-5,10-15H2,1-3H3. The van der Waals surface area contributed by atoms with Crippen molar-refractivity contribution < 1.29 is 19.0 Å². The van der Waals surface area contributed by atoms with Gasteiger partial charge in [-0.15, -0.1) is 0 Å². The lowest BCUT2D eigenvalue weighted by molar-refractivity contribution is -0.121. The summed E-state index contributed by atoms with van der Waals surface area (Å²) in [4.78, 5) is 11.8. The number of rotatable bonds is 14. The van der Waals surface area contributed by atoms with Crippen LogP contribution < -0.4 is 10.1 Å². The lowest BCUT2D eigenvalue weighted by Gasteiger charge is -2.09. The molecule has 0 aliphatic carbocycles. The summed E-state index contributed by atoms with van der Waals surface area (Å²) in [5.41, 5.74) is 1.26. The van der Waals surface area contributed by atoms with Crippen molar-refractivity contribution in [1.29, 1.82) is 0 Å². The zero-order valence-corrected chi connectivity index (χ0v) is 15.2. The molecule has 0 saturated heterocycles. The number of Topliss-reactive ketones (excluding diaryl/α,β-unsaturated/α-hetero) is 1. The molecule has 5 heteroatoms. The second kappa shape index (κ2) is 12.9. The van der Waals surface area contributed by atoms with E-state index in [4.69, 9.17) is 14.2 Å². The Labute approximate surface area is 145 Å². The summed E-state index contributed by atoms with van der Waals surface area (Å²) in [7, 11) is 1.89. The number of carbonyl (C=O) groups is 1. The van der Waals surface area contributed by atoms with Crippen LogP contribution in [0.1, 0.15) is 38.2 Å². The fourth-order valence-electron chi connectivity index (χ4n) is 2.05. The van der Waals surface area contributed by atoms with Crippen LogP contribution in [0.2, 0.25) is 0 Å². The van der Waals surface area contributed by atoms with E-state index in [0.717, 1.165) is 12.3 Å². The van der Waals surface area contributed by atoms with Gasteiger partial charge in [0.2, 0.25) is 0 Å². The van der Waals surface area contributed by atoms with Crippen LogP contribution in [0.15, 0.2) is 24.3 Å². The molecule has 0 aliphatic heterocycles. The van der Waals surface area contributed by atoms with E-state index in [1.165, 1.54) is 5.56 Å². The van der Waals surface area contributed by atoms with E-state index >= 15 is 0 Å². The highest BCUT2D eigenvalue weighted by atomic mass is 16.5. The zero-order chi connectivity index (χ0) is 17.6. The van der Waals surface area contributed by atoms with Crippen molar-refractivity contribution in [3.8, 4) is 5.75 Å². The van der Waals surface area contributed by atoms with Crippen molar-refractivity contribution in [2.75, 3.05) is 46.6 Å². The molecule has 0 unspecified atom stereocenters. The Bertz CT molecular complexity index is 445. The number of likely N-dealkylation sites (N-methyl/N-ethyl adjacent to an activating group) is 1. The molecule has 0 amide bonds. The van der Waals surface area contributed by atoms with Gasteiger partial charge in [-0.05, 0) is 37.1 Å². The van der Waals surface area contributed by atoms with Crippen LogP contribution in [0.25, 0.3) is 0 Å². The molecule has 1 rings (SSSR count). The minimum Gasteiger partial charge on any atom is -0.486 e. The van der Waals surface area contributed by atoms with Crippen LogP contribution in [-0.2, 0) is 14.3 Å². The van der Waals surface area contributed by atoms with Gasteiger partial charge < -0.3 is 19.5 Å². The molecule has 0 spiro atoms. The van der Waals surface area contributed by atoms with Crippen molar-refractivity contribution in [2.45, 2.75) is 32.6 Å². The van der Waals surface area contributed by atoms with Crippen molar-refractivity contribution in [3.05, 3.63) is 29.8 Å². The Balaban J connectivity index is 2.02. The summed E-state index contributed by atoms with van der Waals surface area (Å²) in [5.74, 6) is 1.33. The fraction of sp³-hybridized carbons (Fsp3) is 0.632. The molecule has 0 aromatic heterocycles. The summed E-state index contributed by atoms with van der Waals surface area (Å²) >= 11 is 0. The third kappa shape index (κ3) is 9.65. The summed E-state index contributed by atoms with van der Waals surface area (Å²) in [6.45, 7) is 7.68. The van der Waals surface area contributed by atoms with Gasteiger partial charge in [-0.25, -0.2) is 0 Å². The third-order valence-electron chi connectivity index (χ3n) is 3.56. The quantitative estimate of drug-likeness (QED) is 0.529. The van der Waals surface area contributed by atoms with Gasteiger partial charge in [-0.3, -0.25) is 4.79 Å². The first-order valence-electron chi connectivity index (χ1n) is 8.68. The molecule has 0 fully saturated rings. The third-order valence-corrected chi connectivity index (χ3v) is 3.56. The van der Waals surface area contributed by atoms with Gasteiger partial charge in [0, 0.05) is 19.6 Å². The van der Waals surface area contributed by atoms with Gasteiger partial charge in [0.1, 0.15) is 12.4 Å². The van der Waals surface area contributed by atoms with E-state index in [2.05, 4.69) is 19.2 Å². The second-order valence-electron chi connectivity index (χ2n) is 5.98. The van der Waals surface area contributed by atoms with Gasteiger partial charge in [-0.2, -0.15) is 0 Å². The molecule has 0 bridgehead atoms. The number of nitrogens with one attached hydrogen (secondary N) is 1. The number of carbonyl (C=O) groups excluding carboxylic acids is 1. The predicted molar refractivity (Wildman–Crippen MR) is 95.8 cm³/mol. The smallest absolute Gasteiger partial charge is 0.170 e. The van der Waals surface area contributed by atoms with Crippen molar-refractivity contribution in [1.82, 2.24) is 5.32 Å². The largest absolute Gasteiger partial charge is 0.486 e. The Morgan fingerprint density at radius 2 is 1.71 bits per heavy atom. The first kappa shape index (κ1) is 20.6. The number of ether oxygens (including phenoxy) is 3. The maximum atomic E-state index is 11.8. The number of ketones is 1. The number of benzene rings is 1. The minimum absolute atomic E-state index is 0.0943. The average molecular weight is 337 g/mol. The Morgan fingerprint density at radius 3 is 2.33 bits per heavy atom. The minimum atomic E-state index is 0.0943. The molecule has 0 heterocycles. The summed E-state index contributed by atoms with van der Waals surface area (Å²) in [6, 6.07) is 7.91. The number of hydrogen-bond donors (Lipinski definition) is 1. The van der Waals surface area contributed by atoms with Crippen LogP contribution >= 0.6 is 0 Å². The van der Waals surface area contributed by atoms with E-state index in [0.29, 0.717) is 45.2 Å². The average Bonchev–Trinajstić information content (AvgIpc) is 2.59. The van der Waals surface area contributed by atoms with E-state index in [-0.39, 0.29) is 12.4 Å². The van der Waals surface area contributed by atoms with Gasteiger partial charge >= 0.3 is 0 Å². The molecule has 0 atom stereocenters. The van der Waals surface area contributed by atoms with Gasteiger partial charge in [0.05, 0.1) is 19.8 Å². The first-order valence-corrected chi connectivity index (χ1v) is 8.68. The molecule has 0 aliphatic rings. The number of hydrogen-bond acceptors (Lipinski definition) is 5. The molecule has 1 N–H and O–H groups in total. The van der Waals surface area contributed by atoms with E-state index < -0.39 is 0 Å². The lowest BCUT2D eigenvalue weighted by atomic mass is 10.0. The molecule has 0 saturated carbocycles. The zero-order valence-electron chi connectivity index (χ0n) is 15.2. The SMILES string of the molecule is CNCCOCCOCCCC(=O)COc1ccc(C(C)C)cc1. The molecule has 24 heavy (non-hydrogen) atoms. The lowest BCUT2D eigenvalue weighted by Crippen LogP contribution is -2.16. The Hall–Kier alpha value is -1.43. The maximum absolute atomic E-state index is 11.8.